The summed E-state index contributed by atoms with van der Waals surface area (Å²) in [5, 5.41) is 2.76. The molecule has 0 unspecified atom stereocenters. The highest BCUT2D eigenvalue weighted by atomic mass is 32.2. The lowest BCUT2D eigenvalue weighted by Crippen LogP contribution is -2.12. The second-order valence-corrected chi connectivity index (χ2v) is 9.57. The molecule has 33 heavy (non-hydrogen) atoms. The number of halogens is 1. The summed E-state index contributed by atoms with van der Waals surface area (Å²) >= 11 is 0. The zero-order valence-corrected chi connectivity index (χ0v) is 18.8. The highest BCUT2D eigenvalue weighted by molar-refractivity contribution is 7.90. The van der Waals surface area contributed by atoms with Crippen molar-refractivity contribution in [2.45, 2.75) is 24.5 Å². The number of sulfone groups is 1. The molecule has 4 rings (SSSR count). The summed E-state index contributed by atoms with van der Waals surface area (Å²) in [4.78, 5) is 17.1. The second-order valence-electron chi connectivity index (χ2n) is 7.58. The zero-order valence-electron chi connectivity index (χ0n) is 18.0. The molecule has 6 nitrogen and oxygen atoms in total. The Labute approximate surface area is 191 Å². The van der Waals surface area contributed by atoms with Crippen LogP contribution in [0, 0.1) is 19.7 Å². The van der Waals surface area contributed by atoms with E-state index in [1.54, 1.807) is 68.4 Å². The van der Waals surface area contributed by atoms with Crippen molar-refractivity contribution in [3.05, 3.63) is 101 Å². The zero-order chi connectivity index (χ0) is 23.6. The summed E-state index contributed by atoms with van der Waals surface area (Å²) in [6.07, 6.45) is 0. The van der Waals surface area contributed by atoms with Crippen LogP contribution in [0.3, 0.4) is 0 Å². The number of carbonyl (C=O) groups is 1. The van der Waals surface area contributed by atoms with E-state index in [1.807, 2.05) is 0 Å². The number of anilines is 1. The van der Waals surface area contributed by atoms with Crippen LogP contribution in [0.1, 0.15) is 27.4 Å². The van der Waals surface area contributed by atoms with Gasteiger partial charge in [-0.1, -0.05) is 18.2 Å². The van der Waals surface area contributed by atoms with E-state index >= 15 is 0 Å². The van der Waals surface area contributed by atoms with Crippen LogP contribution in [0.25, 0.3) is 11.5 Å². The number of oxazole rings is 1. The predicted molar refractivity (Wildman–Crippen MR) is 123 cm³/mol. The van der Waals surface area contributed by atoms with E-state index in [4.69, 9.17) is 4.42 Å². The minimum absolute atomic E-state index is 0.223. The monoisotopic (exact) mass is 464 g/mol. The van der Waals surface area contributed by atoms with Crippen molar-refractivity contribution in [2.75, 3.05) is 5.32 Å². The van der Waals surface area contributed by atoms with Gasteiger partial charge in [0.2, 0.25) is 5.89 Å². The number of carbonyl (C=O) groups excluding carboxylic acids is 1. The average molecular weight is 465 g/mol. The van der Waals surface area contributed by atoms with E-state index in [-0.39, 0.29) is 28.3 Å². The minimum Gasteiger partial charge on any atom is -0.441 e. The van der Waals surface area contributed by atoms with Crippen LogP contribution in [0.15, 0.2) is 82.1 Å². The molecule has 1 amide bonds. The molecule has 8 heteroatoms. The number of hydrogen-bond donors (Lipinski definition) is 1. The number of amides is 1. The van der Waals surface area contributed by atoms with Crippen LogP contribution >= 0.6 is 0 Å². The lowest BCUT2D eigenvalue weighted by Gasteiger charge is -2.08. The number of benzene rings is 3. The normalized spacial score (nSPS) is 11.4. The molecule has 0 atom stereocenters. The third kappa shape index (κ3) is 5.01. The molecule has 4 aromatic rings. The van der Waals surface area contributed by atoms with Crippen molar-refractivity contribution in [1.82, 2.24) is 4.98 Å². The molecule has 0 aliphatic heterocycles. The molecule has 0 spiro atoms. The van der Waals surface area contributed by atoms with Gasteiger partial charge in [-0.25, -0.2) is 17.8 Å². The summed E-state index contributed by atoms with van der Waals surface area (Å²) in [7, 11) is -3.56. The fourth-order valence-electron chi connectivity index (χ4n) is 3.30. The highest BCUT2D eigenvalue weighted by Crippen LogP contribution is 2.25. The molecule has 1 heterocycles. The van der Waals surface area contributed by atoms with Gasteiger partial charge in [-0.15, -0.1) is 0 Å². The van der Waals surface area contributed by atoms with Gasteiger partial charge in [-0.05, 0) is 74.0 Å². The Morgan fingerprint density at radius 3 is 2.36 bits per heavy atom. The maximum absolute atomic E-state index is 13.3. The largest absolute Gasteiger partial charge is 0.441 e. The van der Waals surface area contributed by atoms with Crippen molar-refractivity contribution < 1.29 is 22.0 Å². The summed E-state index contributed by atoms with van der Waals surface area (Å²) in [5.74, 6) is -0.296. The van der Waals surface area contributed by atoms with E-state index in [0.29, 0.717) is 33.8 Å². The van der Waals surface area contributed by atoms with Gasteiger partial charge in [0.1, 0.15) is 17.3 Å². The molecule has 0 saturated heterocycles. The molecular formula is C25H21FN2O4S. The summed E-state index contributed by atoms with van der Waals surface area (Å²) in [6, 6.07) is 18.9. The molecule has 1 aromatic heterocycles. The van der Waals surface area contributed by atoms with Crippen LogP contribution in [0.5, 0.6) is 0 Å². The molecule has 168 valence electrons. The van der Waals surface area contributed by atoms with Crippen molar-refractivity contribution in [1.29, 1.82) is 0 Å². The number of hydrogen-bond acceptors (Lipinski definition) is 5. The smallest absolute Gasteiger partial charge is 0.255 e. The molecule has 0 fully saturated rings. The van der Waals surface area contributed by atoms with Crippen molar-refractivity contribution >= 4 is 21.4 Å². The second kappa shape index (κ2) is 8.99. The van der Waals surface area contributed by atoms with Gasteiger partial charge in [0, 0.05) is 16.8 Å². The molecule has 3 aromatic carbocycles. The topological polar surface area (TPSA) is 89.3 Å². The number of aryl methyl sites for hydroxylation is 2. The van der Waals surface area contributed by atoms with Crippen molar-refractivity contribution in [2.24, 2.45) is 0 Å². The van der Waals surface area contributed by atoms with E-state index in [9.17, 15) is 17.6 Å². The lowest BCUT2D eigenvalue weighted by molar-refractivity contribution is 0.102. The third-order valence-electron chi connectivity index (χ3n) is 5.15. The molecule has 0 aliphatic rings. The first kappa shape index (κ1) is 22.4. The molecule has 0 aliphatic carbocycles. The van der Waals surface area contributed by atoms with E-state index in [2.05, 4.69) is 10.3 Å². The van der Waals surface area contributed by atoms with Gasteiger partial charge in [-0.2, -0.15) is 0 Å². The Kier molecular flexibility index (Phi) is 6.11. The van der Waals surface area contributed by atoms with E-state index < -0.39 is 9.84 Å². The Hall–Kier alpha value is -3.78. The summed E-state index contributed by atoms with van der Waals surface area (Å²) in [6.45, 7) is 3.38. The van der Waals surface area contributed by atoms with Gasteiger partial charge in [0.25, 0.3) is 5.91 Å². The van der Waals surface area contributed by atoms with Crippen LogP contribution in [0.4, 0.5) is 10.1 Å². The Morgan fingerprint density at radius 2 is 1.70 bits per heavy atom. The summed E-state index contributed by atoms with van der Waals surface area (Å²) < 4.78 is 44.3. The van der Waals surface area contributed by atoms with Crippen LogP contribution < -0.4 is 5.32 Å². The Bertz CT molecular complexity index is 1410. The molecule has 0 radical (unpaired) electrons. The fraction of sp³-hybridized carbons (Fsp3) is 0.120. The summed E-state index contributed by atoms with van der Waals surface area (Å²) in [5.41, 5.74) is 2.49. The number of aromatic nitrogens is 1. The number of rotatable bonds is 6. The molecule has 0 bridgehead atoms. The van der Waals surface area contributed by atoms with Gasteiger partial charge in [0.15, 0.2) is 9.84 Å². The van der Waals surface area contributed by atoms with E-state index in [1.165, 1.54) is 18.2 Å². The quantitative estimate of drug-likeness (QED) is 0.417. The maximum Gasteiger partial charge on any atom is 0.255 e. The van der Waals surface area contributed by atoms with Crippen LogP contribution in [-0.4, -0.2) is 19.3 Å². The van der Waals surface area contributed by atoms with Crippen LogP contribution in [-0.2, 0) is 15.6 Å². The Balaban J connectivity index is 1.51. The van der Waals surface area contributed by atoms with Gasteiger partial charge >= 0.3 is 0 Å². The molecule has 0 saturated carbocycles. The number of nitrogens with one attached hydrogen (secondary N) is 1. The third-order valence-corrected chi connectivity index (χ3v) is 6.80. The van der Waals surface area contributed by atoms with Crippen molar-refractivity contribution in [3.8, 4) is 11.5 Å². The molecule has 1 N–H and O–H groups in total. The SMILES string of the molecule is Cc1cc(F)ccc1NC(=O)c1ccc(-c2nc(CS(=O)(=O)c3ccccc3)c(C)o2)cc1. The maximum atomic E-state index is 13.3. The highest BCUT2D eigenvalue weighted by Gasteiger charge is 2.21. The first-order valence-electron chi connectivity index (χ1n) is 10.1. The van der Waals surface area contributed by atoms with E-state index in [0.717, 1.165) is 0 Å². The van der Waals surface area contributed by atoms with Crippen LogP contribution in [0.2, 0.25) is 0 Å². The molecular weight excluding hydrogens is 443 g/mol. The number of nitrogens with zero attached hydrogens (tertiary/aromatic N) is 1. The minimum atomic E-state index is -3.56. The first-order valence-corrected chi connectivity index (χ1v) is 11.8. The standard InChI is InChI=1S/C25H21FN2O4S/c1-16-14-20(26)12-13-22(16)27-24(29)18-8-10-19(11-9-18)25-28-23(17(2)32-25)15-33(30,31)21-6-4-3-5-7-21/h3-14H,15H2,1-2H3,(H,27,29). The Morgan fingerprint density at radius 1 is 1.00 bits per heavy atom. The lowest BCUT2D eigenvalue weighted by atomic mass is 10.1. The average Bonchev–Trinajstić information content (AvgIpc) is 3.16. The van der Waals surface area contributed by atoms with Gasteiger partial charge < -0.3 is 9.73 Å². The first-order chi connectivity index (χ1) is 15.7. The van der Waals surface area contributed by atoms with Gasteiger partial charge in [-0.3, -0.25) is 4.79 Å². The predicted octanol–water partition coefficient (Wildman–Crippen LogP) is 5.32. The van der Waals surface area contributed by atoms with Gasteiger partial charge in [0.05, 0.1) is 10.6 Å². The van der Waals surface area contributed by atoms with Crippen molar-refractivity contribution in [3.63, 3.8) is 0 Å². The fourth-order valence-corrected chi connectivity index (χ4v) is 4.67.